The third-order valence-electron chi connectivity index (χ3n) is 4.95. The Morgan fingerprint density at radius 3 is 2.32 bits per heavy atom. The zero-order valence-corrected chi connectivity index (χ0v) is 15.0. The first-order valence-corrected chi connectivity index (χ1v) is 9.20. The van der Waals surface area contributed by atoms with Gasteiger partial charge in [0.15, 0.2) is 5.69 Å². The van der Waals surface area contributed by atoms with E-state index in [-0.39, 0.29) is 16.9 Å². The standard InChI is InChI=1S/C20H18F4N4/c21-14-7-9-15(10-8-14)28-19(20(22,23)24)16(12-25-28)18-11-13-5-3-1-2-4-6-17(13)26-27-18/h7-12H,1-6H2. The minimum absolute atomic E-state index is 0.124. The fourth-order valence-electron chi connectivity index (χ4n) is 3.56. The van der Waals surface area contributed by atoms with Crippen LogP contribution >= 0.6 is 0 Å². The van der Waals surface area contributed by atoms with Gasteiger partial charge in [-0.05, 0) is 61.6 Å². The molecule has 0 N–H and O–H groups in total. The van der Waals surface area contributed by atoms with Gasteiger partial charge in [0.05, 0.1) is 28.8 Å². The summed E-state index contributed by atoms with van der Waals surface area (Å²) in [5.74, 6) is -0.530. The van der Waals surface area contributed by atoms with E-state index in [0.717, 1.165) is 72.8 Å². The zero-order chi connectivity index (χ0) is 19.7. The van der Waals surface area contributed by atoms with E-state index in [1.165, 1.54) is 12.1 Å². The number of hydrogen-bond donors (Lipinski definition) is 0. The van der Waals surface area contributed by atoms with E-state index in [2.05, 4.69) is 15.3 Å². The van der Waals surface area contributed by atoms with Gasteiger partial charge >= 0.3 is 6.18 Å². The minimum atomic E-state index is -4.66. The maximum atomic E-state index is 13.9. The van der Waals surface area contributed by atoms with Crippen molar-refractivity contribution in [1.82, 2.24) is 20.0 Å². The summed E-state index contributed by atoms with van der Waals surface area (Å²) in [4.78, 5) is 0. The fourth-order valence-corrected chi connectivity index (χ4v) is 3.56. The van der Waals surface area contributed by atoms with E-state index in [4.69, 9.17) is 0 Å². The number of halogens is 4. The molecule has 0 saturated carbocycles. The average Bonchev–Trinajstić information content (AvgIpc) is 3.08. The van der Waals surface area contributed by atoms with Gasteiger partial charge in [0.25, 0.3) is 0 Å². The molecule has 146 valence electrons. The van der Waals surface area contributed by atoms with Crippen LogP contribution in [0.3, 0.4) is 0 Å². The van der Waals surface area contributed by atoms with Crippen molar-refractivity contribution in [1.29, 1.82) is 0 Å². The molecular weight excluding hydrogens is 372 g/mol. The molecule has 1 aliphatic carbocycles. The molecule has 0 unspecified atom stereocenters. The molecule has 2 aromatic heterocycles. The lowest BCUT2D eigenvalue weighted by Gasteiger charge is -2.15. The quantitative estimate of drug-likeness (QED) is 0.569. The van der Waals surface area contributed by atoms with Crippen LogP contribution in [0.4, 0.5) is 17.6 Å². The van der Waals surface area contributed by atoms with Crippen molar-refractivity contribution in [3.05, 3.63) is 59.3 Å². The van der Waals surface area contributed by atoms with Crippen molar-refractivity contribution in [2.45, 2.75) is 44.7 Å². The van der Waals surface area contributed by atoms with Crippen molar-refractivity contribution >= 4 is 0 Å². The number of rotatable bonds is 2. The largest absolute Gasteiger partial charge is 0.434 e. The van der Waals surface area contributed by atoms with Gasteiger partial charge in [-0.15, -0.1) is 0 Å². The van der Waals surface area contributed by atoms with Gasteiger partial charge in [0.1, 0.15) is 5.82 Å². The molecule has 0 fully saturated rings. The molecule has 8 heteroatoms. The molecule has 4 rings (SSSR count). The Labute approximate surface area is 159 Å². The second kappa shape index (κ2) is 7.33. The lowest BCUT2D eigenvalue weighted by molar-refractivity contribution is -0.142. The smallest absolute Gasteiger partial charge is 0.228 e. The lowest BCUT2D eigenvalue weighted by Crippen LogP contribution is -2.15. The highest BCUT2D eigenvalue weighted by Gasteiger charge is 2.39. The molecule has 0 bridgehead atoms. The van der Waals surface area contributed by atoms with Gasteiger partial charge in [-0.1, -0.05) is 12.8 Å². The van der Waals surface area contributed by atoms with E-state index in [1.807, 2.05) is 0 Å². The van der Waals surface area contributed by atoms with Gasteiger partial charge in [-0.25, -0.2) is 9.07 Å². The minimum Gasteiger partial charge on any atom is -0.228 e. The van der Waals surface area contributed by atoms with Gasteiger partial charge < -0.3 is 0 Å². The molecule has 0 aliphatic heterocycles. The predicted octanol–water partition coefficient (Wildman–Crippen LogP) is 5.15. The highest BCUT2D eigenvalue weighted by atomic mass is 19.4. The topological polar surface area (TPSA) is 43.6 Å². The summed E-state index contributed by atoms with van der Waals surface area (Å²) in [6, 6.07) is 6.42. The van der Waals surface area contributed by atoms with Crippen LogP contribution in [0.15, 0.2) is 36.5 Å². The molecule has 3 aromatic rings. The van der Waals surface area contributed by atoms with Crippen LogP contribution in [0.5, 0.6) is 0 Å². The second-order valence-corrected chi connectivity index (χ2v) is 6.91. The maximum Gasteiger partial charge on any atom is 0.434 e. The van der Waals surface area contributed by atoms with E-state index in [9.17, 15) is 17.6 Å². The number of fused-ring (bicyclic) bond motifs is 1. The highest BCUT2D eigenvalue weighted by Crippen LogP contribution is 2.38. The summed E-state index contributed by atoms with van der Waals surface area (Å²) < 4.78 is 55.5. The SMILES string of the molecule is Fc1ccc(-n2ncc(-c3cc4c(nn3)CCCCCC4)c2C(F)(F)F)cc1. The summed E-state index contributed by atoms with van der Waals surface area (Å²) in [5.41, 5.74) is 1.02. The van der Waals surface area contributed by atoms with Gasteiger partial charge in [-0.2, -0.15) is 28.5 Å². The molecule has 0 saturated heterocycles. The molecule has 28 heavy (non-hydrogen) atoms. The summed E-state index contributed by atoms with van der Waals surface area (Å²) in [6.45, 7) is 0. The molecular formula is C20H18F4N4. The molecule has 0 spiro atoms. The second-order valence-electron chi connectivity index (χ2n) is 6.91. The zero-order valence-electron chi connectivity index (χ0n) is 15.0. The number of alkyl halides is 3. The van der Waals surface area contributed by atoms with E-state index >= 15 is 0 Å². The van der Waals surface area contributed by atoms with Crippen LogP contribution in [-0.4, -0.2) is 20.0 Å². The third-order valence-corrected chi connectivity index (χ3v) is 4.95. The number of nitrogens with zero attached hydrogens (tertiary/aromatic N) is 4. The number of hydrogen-bond acceptors (Lipinski definition) is 3. The summed E-state index contributed by atoms with van der Waals surface area (Å²) in [6.07, 6.45) is 2.29. The monoisotopic (exact) mass is 390 g/mol. The highest BCUT2D eigenvalue weighted by molar-refractivity contribution is 5.64. The Bertz CT molecular complexity index is 977. The first kappa shape index (κ1) is 18.6. The third kappa shape index (κ3) is 3.63. The first-order valence-electron chi connectivity index (χ1n) is 9.20. The molecule has 0 atom stereocenters. The molecule has 1 aliphatic rings. The molecule has 1 aromatic carbocycles. The van der Waals surface area contributed by atoms with Crippen LogP contribution in [-0.2, 0) is 19.0 Å². The van der Waals surface area contributed by atoms with Gasteiger partial charge in [-0.3, -0.25) is 0 Å². The summed E-state index contributed by atoms with van der Waals surface area (Å²) in [5, 5.41) is 12.2. The van der Waals surface area contributed by atoms with Crippen LogP contribution in [0, 0.1) is 5.82 Å². The number of benzene rings is 1. The van der Waals surface area contributed by atoms with Crippen molar-refractivity contribution in [3.8, 4) is 16.9 Å². The van der Waals surface area contributed by atoms with E-state index in [1.54, 1.807) is 6.07 Å². The summed E-state index contributed by atoms with van der Waals surface area (Å²) >= 11 is 0. The van der Waals surface area contributed by atoms with Crippen molar-refractivity contribution in [3.63, 3.8) is 0 Å². The first-order chi connectivity index (χ1) is 13.4. The van der Waals surface area contributed by atoms with E-state index in [0.29, 0.717) is 0 Å². The van der Waals surface area contributed by atoms with Crippen molar-refractivity contribution < 1.29 is 17.6 Å². The van der Waals surface area contributed by atoms with Crippen LogP contribution in [0.1, 0.15) is 42.6 Å². The Hall–Kier alpha value is -2.77. The van der Waals surface area contributed by atoms with Gasteiger partial charge in [0, 0.05) is 0 Å². The Kier molecular flexibility index (Phi) is 4.87. The summed E-state index contributed by atoms with van der Waals surface area (Å²) in [7, 11) is 0. The fraction of sp³-hybridized carbons (Fsp3) is 0.350. The molecule has 0 radical (unpaired) electrons. The molecule has 4 nitrogen and oxygen atoms in total. The number of aromatic nitrogens is 4. The number of aryl methyl sites for hydroxylation is 2. The molecule has 2 heterocycles. The molecule has 0 amide bonds. The van der Waals surface area contributed by atoms with Crippen LogP contribution < -0.4 is 0 Å². The normalized spacial score (nSPS) is 15.0. The van der Waals surface area contributed by atoms with Crippen LogP contribution in [0.2, 0.25) is 0 Å². The Morgan fingerprint density at radius 2 is 1.61 bits per heavy atom. The van der Waals surface area contributed by atoms with Crippen molar-refractivity contribution in [2.75, 3.05) is 0 Å². The lowest BCUT2D eigenvalue weighted by atomic mass is 9.96. The van der Waals surface area contributed by atoms with Crippen LogP contribution in [0.25, 0.3) is 16.9 Å². The predicted molar refractivity (Wildman–Crippen MR) is 95.4 cm³/mol. The maximum absolute atomic E-state index is 13.9. The Morgan fingerprint density at radius 1 is 0.893 bits per heavy atom. The average molecular weight is 390 g/mol. The van der Waals surface area contributed by atoms with Crippen molar-refractivity contribution in [2.24, 2.45) is 0 Å². The van der Waals surface area contributed by atoms with E-state index < -0.39 is 17.7 Å². The van der Waals surface area contributed by atoms with Gasteiger partial charge in [0.2, 0.25) is 0 Å². The Balaban J connectivity index is 1.82.